The summed E-state index contributed by atoms with van der Waals surface area (Å²) in [5.41, 5.74) is 10.6. The largest absolute Gasteiger partial charge is 0.480 e. The van der Waals surface area contributed by atoms with Gasteiger partial charge in [0.2, 0.25) is 23.6 Å². The lowest BCUT2D eigenvalue weighted by Gasteiger charge is -2.24. The third-order valence-corrected chi connectivity index (χ3v) is 4.68. The van der Waals surface area contributed by atoms with Crippen LogP contribution in [0.4, 0.5) is 0 Å². The molecule has 0 aromatic carbocycles. The van der Waals surface area contributed by atoms with Crippen molar-refractivity contribution in [2.45, 2.75) is 63.1 Å². The summed E-state index contributed by atoms with van der Waals surface area (Å²) in [6.45, 7) is 0.526. The quantitative estimate of drug-likeness (QED) is 0.145. The van der Waals surface area contributed by atoms with Gasteiger partial charge >= 0.3 is 5.97 Å². The number of hydrogen-bond acceptors (Lipinski definition) is 7. The number of carboxylic acids is 1. The van der Waals surface area contributed by atoms with Gasteiger partial charge in [0.05, 0.1) is 6.04 Å². The van der Waals surface area contributed by atoms with E-state index in [-0.39, 0.29) is 24.8 Å². The van der Waals surface area contributed by atoms with Gasteiger partial charge in [0.1, 0.15) is 18.6 Å². The fourth-order valence-electron chi connectivity index (χ4n) is 3.06. The maximum absolute atomic E-state index is 12.8. The molecule has 0 spiro atoms. The van der Waals surface area contributed by atoms with E-state index in [2.05, 4.69) is 21.3 Å². The van der Waals surface area contributed by atoms with Crippen LogP contribution in [0, 0.1) is 0 Å². The zero-order valence-corrected chi connectivity index (χ0v) is 16.9. The molecule has 170 valence electrons. The number of amides is 4. The normalized spacial score (nSPS) is 17.6. The number of carbonyl (C=O) groups is 5. The SMILES string of the molecule is NCCCCC(NC(=O)C1CCCN1)C(=O)NC(CCC(N)=O)C(=O)NCC(=O)O. The van der Waals surface area contributed by atoms with Gasteiger partial charge in [-0.25, -0.2) is 0 Å². The minimum Gasteiger partial charge on any atom is -0.480 e. The van der Waals surface area contributed by atoms with E-state index in [0.29, 0.717) is 32.2 Å². The number of hydrogen-bond donors (Lipinski definition) is 7. The molecule has 1 aliphatic rings. The lowest BCUT2D eigenvalue weighted by atomic mass is 10.1. The molecule has 4 amide bonds. The molecule has 0 saturated carbocycles. The highest BCUT2D eigenvalue weighted by molar-refractivity contribution is 5.94. The van der Waals surface area contributed by atoms with Crippen LogP contribution in [0.25, 0.3) is 0 Å². The van der Waals surface area contributed by atoms with E-state index >= 15 is 0 Å². The van der Waals surface area contributed by atoms with Gasteiger partial charge < -0.3 is 37.8 Å². The second-order valence-electron chi connectivity index (χ2n) is 7.17. The molecular formula is C18H32N6O6. The fraction of sp³-hybridized carbons (Fsp3) is 0.722. The Morgan fingerprint density at radius 3 is 2.30 bits per heavy atom. The average molecular weight is 428 g/mol. The number of primary amides is 1. The van der Waals surface area contributed by atoms with Crippen molar-refractivity contribution in [3.05, 3.63) is 0 Å². The summed E-state index contributed by atoms with van der Waals surface area (Å²) in [5.74, 6) is -3.57. The summed E-state index contributed by atoms with van der Waals surface area (Å²) in [4.78, 5) is 59.2. The van der Waals surface area contributed by atoms with Crippen LogP contribution in [-0.4, -0.2) is 72.5 Å². The minimum atomic E-state index is -1.25. The molecule has 1 fully saturated rings. The molecule has 1 rings (SSSR count). The highest BCUT2D eigenvalue weighted by Crippen LogP contribution is 2.08. The first-order chi connectivity index (χ1) is 14.2. The summed E-state index contributed by atoms with van der Waals surface area (Å²) >= 11 is 0. The molecule has 12 nitrogen and oxygen atoms in total. The van der Waals surface area contributed by atoms with Crippen molar-refractivity contribution in [1.82, 2.24) is 21.3 Å². The van der Waals surface area contributed by atoms with Gasteiger partial charge in [-0.15, -0.1) is 0 Å². The highest BCUT2D eigenvalue weighted by Gasteiger charge is 2.30. The Bertz CT molecular complexity index is 622. The van der Waals surface area contributed by atoms with Crippen molar-refractivity contribution in [3.63, 3.8) is 0 Å². The molecule has 12 heteroatoms. The summed E-state index contributed by atoms with van der Waals surface area (Å²) in [5, 5.41) is 19.1. The van der Waals surface area contributed by atoms with Crippen LogP contribution in [0.3, 0.4) is 0 Å². The molecule has 3 unspecified atom stereocenters. The van der Waals surface area contributed by atoms with Crippen molar-refractivity contribution >= 4 is 29.6 Å². The van der Waals surface area contributed by atoms with Crippen LogP contribution in [0.1, 0.15) is 44.9 Å². The van der Waals surface area contributed by atoms with E-state index in [1.54, 1.807) is 0 Å². The number of carbonyl (C=O) groups excluding carboxylic acids is 4. The van der Waals surface area contributed by atoms with Crippen molar-refractivity contribution in [1.29, 1.82) is 0 Å². The predicted molar refractivity (Wildman–Crippen MR) is 107 cm³/mol. The van der Waals surface area contributed by atoms with Gasteiger partial charge in [-0.05, 0) is 51.6 Å². The predicted octanol–water partition coefficient (Wildman–Crippen LogP) is -2.70. The van der Waals surface area contributed by atoms with Crippen LogP contribution in [0.5, 0.6) is 0 Å². The van der Waals surface area contributed by atoms with Gasteiger partial charge in [-0.3, -0.25) is 24.0 Å². The van der Waals surface area contributed by atoms with E-state index in [4.69, 9.17) is 16.6 Å². The van der Waals surface area contributed by atoms with Crippen molar-refractivity contribution in [3.8, 4) is 0 Å². The van der Waals surface area contributed by atoms with Crippen LogP contribution >= 0.6 is 0 Å². The summed E-state index contributed by atoms with van der Waals surface area (Å²) in [6, 6.07) is -2.43. The van der Waals surface area contributed by atoms with Crippen molar-refractivity contribution in [2.24, 2.45) is 11.5 Å². The minimum absolute atomic E-state index is 0.0971. The van der Waals surface area contributed by atoms with Crippen molar-refractivity contribution in [2.75, 3.05) is 19.6 Å². The first-order valence-corrected chi connectivity index (χ1v) is 10.1. The van der Waals surface area contributed by atoms with E-state index in [9.17, 15) is 24.0 Å². The van der Waals surface area contributed by atoms with Crippen LogP contribution < -0.4 is 32.7 Å². The first kappa shape index (κ1) is 25.3. The van der Waals surface area contributed by atoms with Crippen molar-refractivity contribution < 1.29 is 29.1 Å². The number of nitrogens with one attached hydrogen (secondary N) is 4. The summed E-state index contributed by atoms with van der Waals surface area (Å²) in [7, 11) is 0. The van der Waals surface area contributed by atoms with Crippen LogP contribution in [0.2, 0.25) is 0 Å². The fourth-order valence-corrected chi connectivity index (χ4v) is 3.06. The molecular weight excluding hydrogens is 396 g/mol. The summed E-state index contributed by atoms with van der Waals surface area (Å²) in [6.07, 6.45) is 2.82. The molecule has 0 aromatic heterocycles. The van der Waals surface area contributed by atoms with E-state index < -0.39 is 42.3 Å². The monoisotopic (exact) mass is 428 g/mol. The third kappa shape index (κ3) is 9.65. The maximum Gasteiger partial charge on any atom is 0.322 e. The Balaban J connectivity index is 2.80. The van der Waals surface area contributed by atoms with E-state index in [0.717, 1.165) is 13.0 Å². The maximum atomic E-state index is 12.8. The number of carboxylic acid groups (broad SMARTS) is 1. The molecule has 9 N–H and O–H groups in total. The molecule has 0 radical (unpaired) electrons. The number of aliphatic carboxylic acids is 1. The molecule has 3 atom stereocenters. The lowest BCUT2D eigenvalue weighted by molar-refractivity contribution is -0.138. The standard InChI is InChI=1S/C18H32N6O6/c19-8-2-1-4-12(23-17(29)11-5-3-9-21-11)18(30)24-13(6-7-14(20)25)16(28)22-10-15(26)27/h11-13,21H,1-10,19H2,(H2,20,25)(H,22,28)(H,23,29)(H,24,30)(H,26,27). The average Bonchev–Trinajstić information content (AvgIpc) is 3.23. The Morgan fingerprint density at radius 2 is 1.73 bits per heavy atom. The topological polar surface area (TPSA) is 206 Å². The van der Waals surface area contributed by atoms with Gasteiger partial charge in [-0.2, -0.15) is 0 Å². The highest BCUT2D eigenvalue weighted by atomic mass is 16.4. The first-order valence-electron chi connectivity index (χ1n) is 10.1. The Hall–Kier alpha value is -2.73. The van der Waals surface area contributed by atoms with Crippen LogP contribution in [-0.2, 0) is 24.0 Å². The molecule has 1 aliphatic heterocycles. The molecule has 0 aliphatic carbocycles. The zero-order valence-electron chi connectivity index (χ0n) is 16.9. The Kier molecular flexibility index (Phi) is 11.4. The number of nitrogens with two attached hydrogens (primary N) is 2. The van der Waals surface area contributed by atoms with Crippen LogP contribution in [0.15, 0.2) is 0 Å². The van der Waals surface area contributed by atoms with E-state index in [1.807, 2.05) is 0 Å². The molecule has 0 bridgehead atoms. The molecule has 30 heavy (non-hydrogen) atoms. The van der Waals surface area contributed by atoms with Gasteiger partial charge in [0.15, 0.2) is 0 Å². The third-order valence-electron chi connectivity index (χ3n) is 4.68. The summed E-state index contributed by atoms with van der Waals surface area (Å²) < 4.78 is 0. The van der Waals surface area contributed by atoms with E-state index in [1.165, 1.54) is 0 Å². The second kappa shape index (κ2) is 13.5. The zero-order chi connectivity index (χ0) is 22.5. The van der Waals surface area contributed by atoms with Gasteiger partial charge in [-0.1, -0.05) is 0 Å². The smallest absolute Gasteiger partial charge is 0.322 e. The molecule has 0 aromatic rings. The number of unbranched alkanes of at least 4 members (excludes halogenated alkanes) is 1. The molecule has 1 heterocycles. The van der Waals surface area contributed by atoms with Gasteiger partial charge in [0.25, 0.3) is 0 Å². The van der Waals surface area contributed by atoms with Gasteiger partial charge in [0, 0.05) is 6.42 Å². The lowest BCUT2D eigenvalue weighted by Crippen LogP contribution is -2.56. The Morgan fingerprint density at radius 1 is 1.03 bits per heavy atom. The second-order valence-corrected chi connectivity index (χ2v) is 7.17. The Labute approximate surface area is 174 Å². The number of rotatable bonds is 14. The molecule has 1 saturated heterocycles.